The maximum Gasteiger partial charge on any atom is 0.134 e. The van der Waals surface area contributed by atoms with E-state index in [0.29, 0.717) is 5.92 Å². The molecular weight excluding hydrogens is 390 g/mol. The van der Waals surface area contributed by atoms with Gasteiger partial charge in [-0.15, -0.1) is 11.3 Å². The SMILES string of the molecule is CC(C)c1nc(Br)cc(N(C)Cc2csc(Br)c2)n1. The second-order valence-electron chi connectivity index (χ2n) is 4.68. The standard InChI is InChI=1S/C13H15Br2N3S/c1-8(2)13-16-10(14)5-12(17-13)18(3)6-9-4-11(15)19-7-9/h4-5,7-8H,6H2,1-3H3. The number of anilines is 1. The Balaban J connectivity index is 2.20. The summed E-state index contributed by atoms with van der Waals surface area (Å²) < 4.78 is 1.99. The van der Waals surface area contributed by atoms with E-state index in [4.69, 9.17) is 0 Å². The summed E-state index contributed by atoms with van der Waals surface area (Å²) in [5, 5.41) is 2.15. The third-order valence-corrected chi connectivity index (χ3v) is 4.61. The van der Waals surface area contributed by atoms with Gasteiger partial charge in [0.15, 0.2) is 0 Å². The van der Waals surface area contributed by atoms with E-state index in [1.807, 2.05) is 13.1 Å². The van der Waals surface area contributed by atoms with Crippen molar-refractivity contribution in [2.24, 2.45) is 0 Å². The lowest BCUT2D eigenvalue weighted by Crippen LogP contribution is -2.18. The summed E-state index contributed by atoms with van der Waals surface area (Å²) >= 11 is 8.64. The minimum Gasteiger partial charge on any atom is -0.355 e. The van der Waals surface area contributed by atoms with Gasteiger partial charge in [-0.2, -0.15) is 0 Å². The molecule has 0 spiro atoms. The number of nitrogens with zero attached hydrogens (tertiary/aromatic N) is 3. The average Bonchev–Trinajstić information content (AvgIpc) is 2.73. The molecule has 0 saturated heterocycles. The summed E-state index contributed by atoms with van der Waals surface area (Å²) in [6.07, 6.45) is 0. The third kappa shape index (κ3) is 4.00. The van der Waals surface area contributed by atoms with Crippen LogP contribution in [0.25, 0.3) is 0 Å². The number of aromatic nitrogens is 2. The van der Waals surface area contributed by atoms with Crippen molar-refractivity contribution in [3.63, 3.8) is 0 Å². The largest absolute Gasteiger partial charge is 0.355 e. The predicted molar refractivity (Wildman–Crippen MR) is 87.9 cm³/mol. The van der Waals surface area contributed by atoms with E-state index in [1.165, 1.54) is 5.56 Å². The summed E-state index contributed by atoms with van der Waals surface area (Å²) in [5.41, 5.74) is 1.28. The van der Waals surface area contributed by atoms with Crippen molar-refractivity contribution in [1.82, 2.24) is 9.97 Å². The lowest BCUT2D eigenvalue weighted by molar-refractivity contribution is 0.757. The Morgan fingerprint density at radius 3 is 2.58 bits per heavy atom. The van der Waals surface area contributed by atoms with Gasteiger partial charge in [-0.1, -0.05) is 13.8 Å². The van der Waals surface area contributed by atoms with Crippen molar-refractivity contribution >= 4 is 49.0 Å². The lowest BCUT2D eigenvalue weighted by Gasteiger charge is -2.19. The zero-order chi connectivity index (χ0) is 14.0. The molecule has 2 heterocycles. The average molecular weight is 405 g/mol. The first-order valence-electron chi connectivity index (χ1n) is 5.94. The van der Waals surface area contributed by atoms with E-state index < -0.39 is 0 Å². The fourth-order valence-electron chi connectivity index (χ4n) is 1.66. The fourth-order valence-corrected chi connectivity index (χ4v) is 3.25. The van der Waals surface area contributed by atoms with Crippen molar-refractivity contribution in [3.05, 3.63) is 37.3 Å². The van der Waals surface area contributed by atoms with E-state index in [9.17, 15) is 0 Å². The predicted octanol–water partition coefficient (Wildman–Crippen LogP) is 4.82. The highest BCUT2D eigenvalue weighted by molar-refractivity contribution is 9.11. The van der Waals surface area contributed by atoms with Crippen LogP contribution >= 0.6 is 43.2 Å². The molecule has 3 nitrogen and oxygen atoms in total. The summed E-state index contributed by atoms with van der Waals surface area (Å²) in [6.45, 7) is 5.03. The molecule has 0 unspecified atom stereocenters. The molecule has 0 fully saturated rings. The van der Waals surface area contributed by atoms with Gasteiger partial charge in [0.1, 0.15) is 16.2 Å². The Labute approximate surface area is 134 Å². The third-order valence-electron chi connectivity index (χ3n) is 2.65. The summed E-state index contributed by atoms with van der Waals surface area (Å²) in [4.78, 5) is 11.1. The van der Waals surface area contributed by atoms with Crippen LogP contribution in [-0.2, 0) is 6.54 Å². The van der Waals surface area contributed by atoms with Crippen LogP contribution in [-0.4, -0.2) is 17.0 Å². The summed E-state index contributed by atoms with van der Waals surface area (Å²) in [7, 11) is 2.05. The Morgan fingerprint density at radius 2 is 2.00 bits per heavy atom. The quantitative estimate of drug-likeness (QED) is 0.683. The summed E-state index contributed by atoms with van der Waals surface area (Å²) in [6, 6.07) is 4.09. The Morgan fingerprint density at radius 1 is 1.26 bits per heavy atom. The first-order valence-corrected chi connectivity index (χ1v) is 8.41. The Hall–Kier alpha value is -0.460. The van der Waals surface area contributed by atoms with Crippen LogP contribution in [0.3, 0.4) is 0 Å². The maximum atomic E-state index is 4.61. The highest BCUT2D eigenvalue weighted by Crippen LogP contribution is 2.24. The molecule has 0 atom stereocenters. The summed E-state index contributed by atoms with van der Waals surface area (Å²) in [5.74, 6) is 2.12. The minimum atomic E-state index is 0.319. The molecule has 0 aliphatic rings. The molecule has 102 valence electrons. The molecule has 2 rings (SSSR count). The van der Waals surface area contributed by atoms with Crippen LogP contribution < -0.4 is 4.90 Å². The smallest absolute Gasteiger partial charge is 0.134 e. The van der Waals surface area contributed by atoms with E-state index in [0.717, 1.165) is 26.6 Å². The van der Waals surface area contributed by atoms with Crippen LogP contribution in [0.2, 0.25) is 0 Å². The van der Waals surface area contributed by atoms with Gasteiger partial charge in [0.2, 0.25) is 0 Å². The van der Waals surface area contributed by atoms with E-state index in [2.05, 4.69) is 72.0 Å². The van der Waals surface area contributed by atoms with Crippen LogP contribution in [0.4, 0.5) is 5.82 Å². The first-order chi connectivity index (χ1) is 8.95. The van der Waals surface area contributed by atoms with Crippen molar-refractivity contribution in [1.29, 1.82) is 0 Å². The van der Waals surface area contributed by atoms with Gasteiger partial charge in [-0.25, -0.2) is 9.97 Å². The zero-order valence-electron chi connectivity index (χ0n) is 11.0. The van der Waals surface area contributed by atoms with Crippen molar-refractivity contribution < 1.29 is 0 Å². The van der Waals surface area contributed by atoms with Gasteiger partial charge in [-0.3, -0.25) is 0 Å². The number of hydrogen-bond acceptors (Lipinski definition) is 4. The molecule has 0 aliphatic carbocycles. The number of rotatable bonds is 4. The van der Waals surface area contributed by atoms with Gasteiger partial charge >= 0.3 is 0 Å². The normalized spacial score (nSPS) is 11.1. The fraction of sp³-hybridized carbons (Fsp3) is 0.385. The van der Waals surface area contributed by atoms with Gasteiger partial charge in [0.05, 0.1) is 3.79 Å². The zero-order valence-corrected chi connectivity index (χ0v) is 15.0. The van der Waals surface area contributed by atoms with Crippen LogP contribution in [0.15, 0.2) is 25.9 Å². The molecule has 6 heteroatoms. The van der Waals surface area contributed by atoms with Crippen LogP contribution in [0, 0.1) is 0 Å². The number of thiophene rings is 1. The lowest BCUT2D eigenvalue weighted by atomic mass is 10.2. The first kappa shape index (κ1) is 14.9. The monoisotopic (exact) mass is 403 g/mol. The molecule has 0 N–H and O–H groups in total. The van der Waals surface area contributed by atoms with Crippen molar-refractivity contribution in [3.8, 4) is 0 Å². The van der Waals surface area contributed by atoms with E-state index in [-0.39, 0.29) is 0 Å². The van der Waals surface area contributed by atoms with Crippen molar-refractivity contribution in [2.75, 3.05) is 11.9 Å². The molecule has 0 saturated carbocycles. The highest BCUT2D eigenvalue weighted by Gasteiger charge is 2.11. The molecule has 0 aliphatic heterocycles. The number of hydrogen-bond donors (Lipinski definition) is 0. The van der Waals surface area contributed by atoms with Crippen molar-refractivity contribution in [2.45, 2.75) is 26.3 Å². The minimum absolute atomic E-state index is 0.319. The Kier molecular flexibility index (Phi) is 4.97. The van der Waals surface area contributed by atoms with Gasteiger partial charge < -0.3 is 4.90 Å². The molecule has 2 aromatic heterocycles. The highest BCUT2D eigenvalue weighted by atomic mass is 79.9. The molecular formula is C13H15Br2N3S. The van der Waals surface area contributed by atoms with Crippen LogP contribution in [0.1, 0.15) is 31.2 Å². The molecule has 0 bridgehead atoms. The van der Waals surface area contributed by atoms with E-state index >= 15 is 0 Å². The maximum absolute atomic E-state index is 4.61. The molecule has 19 heavy (non-hydrogen) atoms. The van der Waals surface area contributed by atoms with Gasteiger partial charge in [0.25, 0.3) is 0 Å². The molecule has 0 radical (unpaired) electrons. The van der Waals surface area contributed by atoms with Gasteiger partial charge in [0, 0.05) is 25.6 Å². The van der Waals surface area contributed by atoms with E-state index in [1.54, 1.807) is 11.3 Å². The topological polar surface area (TPSA) is 29.0 Å². The molecule has 0 amide bonds. The molecule has 0 aromatic carbocycles. The van der Waals surface area contributed by atoms with Gasteiger partial charge in [-0.05, 0) is 48.9 Å². The second kappa shape index (κ2) is 6.33. The van der Waals surface area contributed by atoms with Crippen LogP contribution in [0.5, 0.6) is 0 Å². The number of halogens is 2. The second-order valence-corrected chi connectivity index (χ2v) is 7.78. The molecule has 2 aromatic rings. The Bertz CT molecular complexity index is 569.